The highest BCUT2D eigenvalue weighted by molar-refractivity contribution is 5.95. The zero-order valence-electron chi connectivity index (χ0n) is 15.6. The van der Waals surface area contributed by atoms with E-state index in [1.54, 1.807) is 6.26 Å². The lowest BCUT2D eigenvalue weighted by Gasteiger charge is -2.31. The molecule has 0 fully saturated rings. The minimum absolute atomic E-state index is 0.0264. The Morgan fingerprint density at radius 1 is 1.07 bits per heavy atom. The van der Waals surface area contributed by atoms with Crippen LogP contribution >= 0.6 is 0 Å². The van der Waals surface area contributed by atoms with E-state index in [-0.39, 0.29) is 11.9 Å². The van der Waals surface area contributed by atoms with Crippen LogP contribution in [0, 0.1) is 6.92 Å². The minimum atomic E-state index is -0.0264. The third-order valence-electron chi connectivity index (χ3n) is 5.49. The zero-order valence-corrected chi connectivity index (χ0v) is 15.6. The first-order chi connectivity index (χ1) is 13.2. The van der Waals surface area contributed by atoms with Crippen LogP contribution in [0.1, 0.15) is 38.9 Å². The van der Waals surface area contributed by atoms with Crippen molar-refractivity contribution in [3.63, 3.8) is 0 Å². The maximum Gasteiger partial charge on any atom is 0.251 e. The van der Waals surface area contributed by atoms with Gasteiger partial charge in [-0.2, -0.15) is 0 Å². The van der Waals surface area contributed by atoms with E-state index >= 15 is 0 Å². The van der Waals surface area contributed by atoms with Crippen molar-refractivity contribution < 1.29 is 14.1 Å². The van der Waals surface area contributed by atoms with Crippen LogP contribution in [0.5, 0.6) is 0 Å². The average Bonchev–Trinajstić information content (AvgIpc) is 3.23. The first-order valence-electron chi connectivity index (χ1n) is 9.51. The quantitative estimate of drug-likeness (QED) is 0.734. The summed E-state index contributed by atoms with van der Waals surface area (Å²) in [7, 11) is 0. The second-order valence-corrected chi connectivity index (χ2v) is 7.20. The molecule has 4 rings (SSSR count). The molecule has 0 bridgehead atoms. The Kier molecular flexibility index (Phi) is 5.07. The van der Waals surface area contributed by atoms with E-state index in [0.717, 1.165) is 36.4 Å². The molecule has 2 atom stereocenters. The third kappa shape index (κ3) is 3.81. The van der Waals surface area contributed by atoms with Gasteiger partial charge < -0.3 is 14.6 Å². The second kappa shape index (κ2) is 7.80. The maximum absolute atomic E-state index is 12.7. The Labute approximate surface area is 159 Å². The largest absolute Gasteiger partial charge is 0.463 e. The first kappa shape index (κ1) is 17.6. The highest BCUT2D eigenvalue weighted by atomic mass is 16.3. The van der Waals surface area contributed by atoms with Gasteiger partial charge in [0.05, 0.1) is 19.4 Å². The van der Waals surface area contributed by atoms with Crippen molar-refractivity contribution in [3.8, 4) is 0 Å². The molecule has 0 spiro atoms. The van der Waals surface area contributed by atoms with Crippen molar-refractivity contribution in [2.24, 2.45) is 0 Å². The van der Waals surface area contributed by atoms with Gasteiger partial charge in [-0.25, -0.2) is 0 Å². The molecule has 1 aromatic heterocycles. The Balaban J connectivity index is 1.51. The fourth-order valence-electron chi connectivity index (χ4n) is 3.95. The summed E-state index contributed by atoms with van der Waals surface area (Å²) >= 11 is 0. The van der Waals surface area contributed by atoms with E-state index < -0.39 is 0 Å². The van der Waals surface area contributed by atoms with Gasteiger partial charge in [0.15, 0.2) is 11.8 Å². The van der Waals surface area contributed by atoms with Crippen molar-refractivity contribution in [1.82, 2.24) is 5.32 Å². The monoisotopic (exact) mass is 361 g/mol. The summed E-state index contributed by atoms with van der Waals surface area (Å²) in [6.07, 6.45) is 2.76. The van der Waals surface area contributed by atoms with E-state index in [1.165, 1.54) is 16.0 Å². The number of rotatable bonds is 5. The van der Waals surface area contributed by atoms with Gasteiger partial charge >= 0.3 is 0 Å². The number of furan rings is 1. The average molecular weight is 361 g/mol. The Morgan fingerprint density at radius 3 is 2.63 bits per heavy atom. The van der Waals surface area contributed by atoms with E-state index in [4.69, 9.17) is 4.42 Å². The van der Waals surface area contributed by atoms with E-state index in [1.807, 2.05) is 43.3 Å². The van der Waals surface area contributed by atoms with Crippen LogP contribution in [0.2, 0.25) is 0 Å². The zero-order chi connectivity index (χ0) is 18.6. The van der Waals surface area contributed by atoms with Crippen LogP contribution in [-0.2, 0) is 13.0 Å². The first-order valence-corrected chi connectivity index (χ1v) is 9.51. The lowest BCUT2D eigenvalue weighted by Crippen LogP contribution is -3.12. The SMILES string of the molecule is Cc1ccccc1C(=O)NC[C@@H](c1ccco1)[NH+]1CCc2ccccc2C1. The molecule has 1 amide bonds. The molecule has 1 unspecified atom stereocenters. The molecule has 0 saturated heterocycles. The highest BCUT2D eigenvalue weighted by Gasteiger charge is 2.30. The number of benzene rings is 2. The fourth-order valence-corrected chi connectivity index (χ4v) is 3.95. The van der Waals surface area contributed by atoms with Gasteiger partial charge in [0, 0.05) is 17.5 Å². The molecule has 138 valence electrons. The molecule has 0 radical (unpaired) electrons. The number of hydrogen-bond acceptors (Lipinski definition) is 2. The predicted molar refractivity (Wildman–Crippen MR) is 105 cm³/mol. The Hall–Kier alpha value is -2.85. The van der Waals surface area contributed by atoms with Crippen molar-refractivity contribution in [1.29, 1.82) is 0 Å². The number of nitrogens with one attached hydrogen (secondary N) is 2. The van der Waals surface area contributed by atoms with Crippen molar-refractivity contribution >= 4 is 5.91 Å². The number of fused-ring (bicyclic) bond motifs is 1. The van der Waals surface area contributed by atoms with E-state index in [0.29, 0.717) is 6.54 Å². The maximum atomic E-state index is 12.7. The third-order valence-corrected chi connectivity index (χ3v) is 5.49. The number of aryl methyl sites for hydroxylation is 1. The molecule has 2 heterocycles. The summed E-state index contributed by atoms with van der Waals surface area (Å²) < 4.78 is 5.73. The summed E-state index contributed by atoms with van der Waals surface area (Å²) in [4.78, 5) is 14.1. The number of amides is 1. The van der Waals surface area contributed by atoms with Crippen LogP contribution in [0.4, 0.5) is 0 Å². The summed E-state index contributed by atoms with van der Waals surface area (Å²) in [6, 6.07) is 20.4. The van der Waals surface area contributed by atoms with Gasteiger partial charge in [0.1, 0.15) is 6.54 Å². The molecular formula is C23H25N2O2+. The van der Waals surface area contributed by atoms with Crippen LogP contribution in [-0.4, -0.2) is 19.0 Å². The van der Waals surface area contributed by atoms with Gasteiger partial charge in [-0.3, -0.25) is 4.79 Å². The smallest absolute Gasteiger partial charge is 0.251 e. The molecule has 0 aliphatic carbocycles. The number of carbonyl (C=O) groups is 1. The van der Waals surface area contributed by atoms with Crippen LogP contribution < -0.4 is 10.2 Å². The molecule has 1 aliphatic rings. The van der Waals surface area contributed by atoms with Crippen molar-refractivity contribution in [2.45, 2.75) is 25.9 Å². The summed E-state index contributed by atoms with van der Waals surface area (Å²) in [5.74, 6) is 0.899. The topological polar surface area (TPSA) is 46.7 Å². The van der Waals surface area contributed by atoms with Gasteiger partial charge in [-0.1, -0.05) is 42.5 Å². The Bertz CT molecular complexity index is 918. The summed E-state index contributed by atoms with van der Waals surface area (Å²) in [5, 5.41) is 3.13. The van der Waals surface area contributed by atoms with Gasteiger partial charge in [-0.05, 0) is 36.2 Å². The summed E-state index contributed by atoms with van der Waals surface area (Å²) in [5.41, 5.74) is 4.54. The standard InChI is InChI=1S/C23H24N2O2/c1-17-7-2-5-10-20(17)23(26)24-15-21(22-11-6-14-27-22)25-13-12-18-8-3-4-9-19(18)16-25/h2-11,14,21H,12-13,15-16H2,1H3,(H,24,26)/p+1/t21-/m0/s1. The summed E-state index contributed by atoms with van der Waals surface area (Å²) in [6.45, 7) is 4.49. The normalized spacial score (nSPS) is 17.1. The van der Waals surface area contributed by atoms with Crippen LogP contribution in [0.15, 0.2) is 71.3 Å². The lowest BCUT2D eigenvalue weighted by molar-refractivity contribution is -0.946. The molecule has 27 heavy (non-hydrogen) atoms. The molecular weight excluding hydrogens is 336 g/mol. The van der Waals surface area contributed by atoms with Crippen molar-refractivity contribution in [2.75, 3.05) is 13.1 Å². The van der Waals surface area contributed by atoms with Crippen molar-refractivity contribution in [3.05, 3.63) is 94.9 Å². The van der Waals surface area contributed by atoms with Gasteiger partial charge in [0.2, 0.25) is 0 Å². The van der Waals surface area contributed by atoms with Gasteiger partial charge in [0.25, 0.3) is 5.91 Å². The molecule has 4 heteroatoms. The molecule has 1 aliphatic heterocycles. The van der Waals surface area contributed by atoms with E-state index in [2.05, 4.69) is 29.6 Å². The highest BCUT2D eigenvalue weighted by Crippen LogP contribution is 2.16. The number of carbonyl (C=O) groups excluding carboxylic acids is 1. The number of hydrogen-bond donors (Lipinski definition) is 2. The molecule has 4 nitrogen and oxygen atoms in total. The Morgan fingerprint density at radius 2 is 1.85 bits per heavy atom. The van der Waals surface area contributed by atoms with Crippen LogP contribution in [0.25, 0.3) is 0 Å². The second-order valence-electron chi connectivity index (χ2n) is 7.20. The lowest BCUT2D eigenvalue weighted by atomic mass is 9.98. The minimum Gasteiger partial charge on any atom is -0.463 e. The molecule has 2 N–H and O–H groups in total. The number of quaternary nitrogens is 1. The predicted octanol–water partition coefficient (Wildman–Crippen LogP) is 2.70. The molecule has 0 saturated carbocycles. The van der Waals surface area contributed by atoms with E-state index in [9.17, 15) is 4.79 Å². The molecule has 3 aromatic rings. The van der Waals surface area contributed by atoms with Gasteiger partial charge in [-0.15, -0.1) is 0 Å². The fraction of sp³-hybridized carbons (Fsp3) is 0.261. The molecule has 2 aromatic carbocycles. The van der Waals surface area contributed by atoms with Crippen LogP contribution in [0.3, 0.4) is 0 Å².